The van der Waals surface area contributed by atoms with Crippen molar-refractivity contribution in [2.24, 2.45) is 5.92 Å². The number of carbonyl (C=O) groups is 1. The monoisotopic (exact) mass is 317 g/mol. The number of aliphatic hydroxyl groups is 1. The molecule has 2 rings (SSSR count). The molecule has 1 aliphatic rings. The Kier molecular flexibility index (Phi) is 4.07. The van der Waals surface area contributed by atoms with Crippen LogP contribution >= 0.6 is 27.5 Å². The Morgan fingerprint density at radius 1 is 1.53 bits per heavy atom. The molecule has 0 radical (unpaired) electrons. The van der Waals surface area contributed by atoms with Gasteiger partial charge in [-0.05, 0) is 52.9 Å². The molecular weight excluding hydrogens is 305 g/mol. The maximum Gasteiger partial charge on any atom is 0.252 e. The van der Waals surface area contributed by atoms with Crippen LogP contribution in [0.2, 0.25) is 5.02 Å². The second-order valence-corrected chi connectivity index (χ2v) is 5.62. The van der Waals surface area contributed by atoms with Crippen molar-refractivity contribution in [3.63, 3.8) is 0 Å². The molecular formula is C12H13BrClNO2. The minimum atomic E-state index is -0.181. The van der Waals surface area contributed by atoms with Crippen LogP contribution in [0.25, 0.3) is 0 Å². The second kappa shape index (κ2) is 5.38. The average molecular weight is 319 g/mol. The van der Waals surface area contributed by atoms with Crippen molar-refractivity contribution in [2.45, 2.75) is 18.9 Å². The number of rotatable bonds is 3. The SMILES string of the molecule is O=C(NCC1CC(O)C1)c1ccc(Cl)cc1Br. The molecule has 0 atom stereocenters. The fraction of sp³-hybridized carbons (Fsp3) is 0.417. The Balaban J connectivity index is 1.91. The molecule has 0 aliphatic heterocycles. The predicted molar refractivity (Wildman–Crippen MR) is 70.2 cm³/mol. The van der Waals surface area contributed by atoms with E-state index in [1.807, 2.05) is 0 Å². The smallest absolute Gasteiger partial charge is 0.252 e. The lowest BCUT2D eigenvalue weighted by molar-refractivity contribution is 0.0420. The molecule has 1 amide bonds. The van der Waals surface area contributed by atoms with Crippen molar-refractivity contribution in [3.05, 3.63) is 33.3 Å². The first-order valence-corrected chi connectivity index (χ1v) is 6.64. The largest absolute Gasteiger partial charge is 0.393 e. The molecule has 0 bridgehead atoms. The zero-order valence-electron chi connectivity index (χ0n) is 9.12. The van der Waals surface area contributed by atoms with Gasteiger partial charge in [0.2, 0.25) is 0 Å². The van der Waals surface area contributed by atoms with Gasteiger partial charge in [-0.3, -0.25) is 4.79 Å². The van der Waals surface area contributed by atoms with Crippen LogP contribution in [-0.2, 0) is 0 Å². The summed E-state index contributed by atoms with van der Waals surface area (Å²) in [5.74, 6) is 0.287. The van der Waals surface area contributed by atoms with Crippen molar-refractivity contribution in [1.82, 2.24) is 5.32 Å². The van der Waals surface area contributed by atoms with E-state index in [1.54, 1.807) is 18.2 Å². The van der Waals surface area contributed by atoms with E-state index < -0.39 is 0 Å². The van der Waals surface area contributed by atoms with Gasteiger partial charge in [0.15, 0.2) is 0 Å². The van der Waals surface area contributed by atoms with E-state index in [1.165, 1.54) is 0 Å². The molecule has 0 spiro atoms. The van der Waals surface area contributed by atoms with E-state index in [0.29, 0.717) is 27.5 Å². The van der Waals surface area contributed by atoms with Crippen molar-refractivity contribution in [3.8, 4) is 0 Å². The number of hydrogen-bond acceptors (Lipinski definition) is 2. The Morgan fingerprint density at radius 2 is 2.24 bits per heavy atom. The van der Waals surface area contributed by atoms with Crippen LogP contribution in [0.1, 0.15) is 23.2 Å². The van der Waals surface area contributed by atoms with Gasteiger partial charge in [0, 0.05) is 16.0 Å². The lowest BCUT2D eigenvalue weighted by Gasteiger charge is -2.31. The molecule has 1 aliphatic carbocycles. The van der Waals surface area contributed by atoms with Crippen molar-refractivity contribution in [2.75, 3.05) is 6.54 Å². The van der Waals surface area contributed by atoms with Crippen LogP contribution in [0.3, 0.4) is 0 Å². The quantitative estimate of drug-likeness (QED) is 0.900. The Morgan fingerprint density at radius 3 is 2.82 bits per heavy atom. The number of carbonyl (C=O) groups excluding carboxylic acids is 1. The van der Waals surface area contributed by atoms with Gasteiger partial charge in [-0.15, -0.1) is 0 Å². The molecule has 3 nitrogen and oxygen atoms in total. The summed E-state index contributed by atoms with van der Waals surface area (Å²) >= 11 is 9.12. The van der Waals surface area contributed by atoms with Crippen molar-refractivity contribution >= 4 is 33.4 Å². The fourth-order valence-electron chi connectivity index (χ4n) is 1.87. The van der Waals surface area contributed by atoms with E-state index in [9.17, 15) is 4.79 Å². The summed E-state index contributed by atoms with van der Waals surface area (Å²) in [7, 11) is 0. The molecule has 17 heavy (non-hydrogen) atoms. The minimum absolute atomic E-state index is 0.116. The van der Waals surface area contributed by atoms with Gasteiger partial charge in [0.05, 0.1) is 11.7 Å². The number of amides is 1. The lowest BCUT2D eigenvalue weighted by atomic mass is 9.82. The molecule has 1 aromatic carbocycles. The highest BCUT2D eigenvalue weighted by molar-refractivity contribution is 9.10. The Hall–Kier alpha value is -0.580. The lowest BCUT2D eigenvalue weighted by Crippen LogP contribution is -2.38. The first kappa shape index (κ1) is 12.9. The molecule has 1 aromatic rings. The standard InChI is InChI=1S/C12H13BrClNO2/c13-11-5-8(14)1-2-10(11)12(17)15-6-7-3-9(16)4-7/h1-2,5,7,9,16H,3-4,6H2,(H,15,17). The average Bonchev–Trinajstić information content (AvgIpc) is 2.22. The van der Waals surface area contributed by atoms with Crippen LogP contribution in [0.4, 0.5) is 0 Å². The highest BCUT2D eigenvalue weighted by atomic mass is 79.9. The van der Waals surface area contributed by atoms with Gasteiger partial charge in [0.25, 0.3) is 5.91 Å². The van der Waals surface area contributed by atoms with Crippen LogP contribution in [0.5, 0.6) is 0 Å². The Labute approximate surface area is 113 Å². The van der Waals surface area contributed by atoms with Gasteiger partial charge < -0.3 is 10.4 Å². The number of halogens is 2. The summed E-state index contributed by atoms with van der Waals surface area (Å²) in [6.07, 6.45) is 1.38. The van der Waals surface area contributed by atoms with Gasteiger partial charge in [-0.25, -0.2) is 0 Å². The maximum absolute atomic E-state index is 11.9. The summed E-state index contributed by atoms with van der Waals surface area (Å²) < 4.78 is 0.691. The summed E-state index contributed by atoms with van der Waals surface area (Å²) in [4.78, 5) is 11.9. The number of hydrogen-bond donors (Lipinski definition) is 2. The van der Waals surface area contributed by atoms with Crippen molar-refractivity contribution in [1.29, 1.82) is 0 Å². The van der Waals surface area contributed by atoms with E-state index in [4.69, 9.17) is 16.7 Å². The molecule has 2 N–H and O–H groups in total. The third-order valence-corrected chi connectivity index (χ3v) is 3.83. The first-order chi connectivity index (χ1) is 8.06. The zero-order valence-corrected chi connectivity index (χ0v) is 11.5. The third kappa shape index (κ3) is 3.21. The number of nitrogens with one attached hydrogen (secondary N) is 1. The van der Waals surface area contributed by atoms with Crippen LogP contribution in [0.15, 0.2) is 22.7 Å². The number of aliphatic hydroxyl groups excluding tert-OH is 1. The molecule has 92 valence electrons. The van der Waals surface area contributed by atoms with Crippen LogP contribution in [-0.4, -0.2) is 23.7 Å². The zero-order chi connectivity index (χ0) is 12.4. The van der Waals surface area contributed by atoms with Gasteiger partial charge in [-0.2, -0.15) is 0 Å². The number of benzene rings is 1. The maximum atomic E-state index is 11.9. The van der Waals surface area contributed by atoms with E-state index in [2.05, 4.69) is 21.2 Å². The van der Waals surface area contributed by atoms with E-state index >= 15 is 0 Å². The highest BCUT2D eigenvalue weighted by Gasteiger charge is 2.27. The molecule has 1 saturated carbocycles. The summed E-state index contributed by atoms with van der Waals surface area (Å²) in [6, 6.07) is 5.08. The topological polar surface area (TPSA) is 49.3 Å². The molecule has 5 heteroatoms. The molecule has 0 unspecified atom stereocenters. The molecule has 0 aromatic heterocycles. The third-order valence-electron chi connectivity index (χ3n) is 2.94. The molecule has 0 heterocycles. The predicted octanol–water partition coefficient (Wildman–Crippen LogP) is 2.60. The van der Waals surface area contributed by atoms with Crippen LogP contribution in [0, 0.1) is 5.92 Å². The van der Waals surface area contributed by atoms with Crippen molar-refractivity contribution < 1.29 is 9.90 Å². The summed E-state index contributed by atoms with van der Waals surface area (Å²) in [5.41, 5.74) is 0.578. The van der Waals surface area contributed by atoms with Gasteiger partial charge in [0.1, 0.15) is 0 Å². The Bertz CT molecular complexity index is 433. The minimum Gasteiger partial charge on any atom is -0.393 e. The van der Waals surface area contributed by atoms with E-state index in [-0.39, 0.29) is 12.0 Å². The second-order valence-electron chi connectivity index (χ2n) is 4.33. The normalized spacial score (nSPS) is 23.0. The fourth-order valence-corrected chi connectivity index (χ4v) is 2.74. The molecule has 0 saturated heterocycles. The van der Waals surface area contributed by atoms with E-state index in [0.717, 1.165) is 12.8 Å². The summed E-state index contributed by atoms with van der Waals surface area (Å²) in [6.45, 7) is 0.616. The summed E-state index contributed by atoms with van der Waals surface area (Å²) in [5, 5.41) is 12.6. The molecule has 1 fully saturated rings. The first-order valence-electron chi connectivity index (χ1n) is 5.47. The van der Waals surface area contributed by atoms with Crippen LogP contribution < -0.4 is 5.32 Å². The van der Waals surface area contributed by atoms with Gasteiger partial charge >= 0.3 is 0 Å². The van der Waals surface area contributed by atoms with Gasteiger partial charge in [-0.1, -0.05) is 11.6 Å². The highest BCUT2D eigenvalue weighted by Crippen LogP contribution is 2.26.